The molecule has 2 atom stereocenters. The van der Waals surface area contributed by atoms with Gasteiger partial charge in [-0.05, 0) is 62.4 Å². The first kappa shape index (κ1) is 24.4. The molecule has 1 amide bonds. The molecular weight excluding hydrogens is 472 g/mol. The van der Waals surface area contributed by atoms with Gasteiger partial charge in [-0.2, -0.15) is 5.10 Å². The number of fused-ring (bicyclic) bond motifs is 1. The van der Waals surface area contributed by atoms with E-state index < -0.39 is 0 Å². The third kappa shape index (κ3) is 4.76. The van der Waals surface area contributed by atoms with Crippen molar-refractivity contribution in [1.29, 1.82) is 0 Å². The Morgan fingerprint density at radius 2 is 1.73 bits per heavy atom. The summed E-state index contributed by atoms with van der Waals surface area (Å²) in [6, 6.07) is 15.1. The highest BCUT2D eigenvalue weighted by molar-refractivity contribution is 5.95. The van der Waals surface area contributed by atoms with Crippen molar-refractivity contribution in [2.45, 2.75) is 26.4 Å². The smallest absolute Gasteiger partial charge is 0.240 e. The number of nitrogens with zero attached hydrogens (tertiary/aromatic N) is 4. The van der Waals surface area contributed by atoms with Gasteiger partial charge in [-0.3, -0.25) is 4.79 Å². The third-order valence-corrected chi connectivity index (χ3v) is 6.72. The van der Waals surface area contributed by atoms with E-state index in [1.165, 1.54) is 0 Å². The molecule has 0 aliphatic carbocycles. The van der Waals surface area contributed by atoms with Crippen molar-refractivity contribution in [3.05, 3.63) is 60.4 Å². The Balaban J connectivity index is 1.42. The molecule has 9 heteroatoms. The monoisotopic (exact) mass is 502 g/mol. The Morgan fingerprint density at radius 1 is 0.973 bits per heavy atom. The molecule has 0 radical (unpaired) electrons. The van der Waals surface area contributed by atoms with E-state index in [-0.39, 0.29) is 17.9 Å². The molecule has 0 bridgehead atoms. The lowest BCUT2D eigenvalue weighted by Gasteiger charge is -2.22. The first-order chi connectivity index (χ1) is 17.9. The normalized spacial score (nSPS) is 16.2. The van der Waals surface area contributed by atoms with E-state index in [0.29, 0.717) is 36.0 Å². The summed E-state index contributed by atoms with van der Waals surface area (Å²) in [5, 5.41) is 4.59. The van der Waals surface area contributed by atoms with Crippen molar-refractivity contribution in [2.24, 2.45) is 5.92 Å². The first-order valence-electron chi connectivity index (χ1n) is 12.1. The van der Waals surface area contributed by atoms with E-state index in [1.807, 2.05) is 68.6 Å². The Bertz CT molecular complexity index is 1430. The molecule has 9 nitrogen and oxygen atoms in total. The maximum Gasteiger partial charge on any atom is 0.240 e. The number of hydrogen-bond donors (Lipinski definition) is 0. The highest BCUT2D eigenvalue weighted by Gasteiger charge is 2.35. The Kier molecular flexibility index (Phi) is 6.60. The molecule has 192 valence electrons. The van der Waals surface area contributed by atoms with Gasteiger partial charge in [0.15, 0.2) is 11.5 Å². The molecule has 0 N–H and O–H groups in total. The van der Waals surface area contributed by atoms with Crippen LogP contribution in [0.3, 0.4) is 0 Å². The highest BCUT2D eigenvalue weighted by atomic mass is 16.5. The summed E-state index contributed by atoms with van der Waals surface area (Å²) in [6.07, 6.45) is 2.02. The van der Waals surface area contributed by atoms with Crippen LogP contribution in [0, 0.1) is 12.8 Å². The fourth-order valence-electron chi connectivity index (χ4n) is 4.64. The van der Waals surface area contributed by atoms with Crippen LogP contribution in [-0.4, -0.2) is 54.5 Å². The van der Waals surface area contributed by atoms with Gasteiger partial charge in [0.05, 0.1) is 38.9 Å². The van der Waals surface area contributed by atoms with Crippen LogP contribution < -0.4 is 23.8 Å². The maximum atomic E-state index is 12.9. The quantitative estimate of drug-likeness (QED) is 0.349. The highest BCUT2D eigenvalue weighted by Crippen LogP contribution is 2.34. The van der Waals surface area contributed by atoms with Gasteiger partial charge in [-0.25, -0.2) is 9.50 Å². The molecule has 1 saturated heterocycles. The fraction of sp³-hybridized carbons (Fsp3) is 0.321. The minimum Gasteiger partial charge on any atom is -0.497 e. The molecule has 37 heavy (non-hydrogen) atoms. The third-order valence-electron chi connectivity index (χ3n) is 6.72. The van der Waals surface area contributed by atoms with Crippen molar-refractivity contribution < 1.29 is 23.7 Å². The second-order valence-corrected chi connectivity index (χ2v) is 9.11. The second kappa shape index (κ2) is 10.0. The summed E-state index contributed by atoms with van der Waals surface area (Å²) in [5.41, 5.74) is 3.99. The number of rotatable bonds is 8. The minimum atomic E-state index is -0.251. The standard InChI is InChI=1S/C28H30N4O5/c1-17-12-24-28(29-23(16-32(24)30-17)19-6-11-25(35-4)26(13-19)36-5)37-18(2)20-14-27(33)31(15-20)21-7-9-22(34-3)10-8-21/h6-13,16,18,20H,14-15H2,1-5H3/t18-,20-/m1/s1. The summed E-state index contributed by atoms with van der Waals surface area (Å²) in [4.78, 5) is 19.5. The molecular formula is C28H30N4O5. The van der Waals surface area contributed by atoms with Gasteiger partial charge >= 0.3 is 0 Å². The van der Waals surface area contributed by atoms with Crippen molar-refractivity contribution in [3.63, 3.8) is 0 Å². The van der Waals surface area contributed by atoms with Crippen molar-refractivity contribution in [1.82, 2.24) is 14.6 Å². The van der Waals surface area contributed by atoms with E-state index in [9.17, 15) is 4.79 Å². The van der Waals surface area contributed by atoms with Crippen LogP contribution in [0.2, 0.25) is 0 Å². The molecule has 2 aromatic carbocycles. The van der Waals surface area contributed by atoms with E-state index in [0.717, 1.165) is 28.2 Å². The number of carbonyl (C=O) groups is 1. The molecule has 4 aromatic rings. The van der Waals surface area contributed by atoms with Crippen LogP contribution in [0.15, 0.2) is 54.7 Å². The van der Waals surface area contributed by atoms with E-state index in [4.69, 9.17) is 23.9 Å². The fourth-order valence-corrected chi connectivity index (χ4v) is 4.64. The number of methoxy groups -OCH3 is 3. The number of carbonyl (C=O) groups excluding carboxylic acids is 1. The molecule has 3 heterocycles. The molecule has 1 aliphatic rings. The van der Waals surface area contributed by atoms with Crippen LogP contribution in [0.4, 0.5) is 5.69 Å². The van der Waals surface area contributed by atoms with E-state index in [2.05, 4.69) is 5.10 Å². The predicted molar refractivity (Wildman–Crippen MR) is 140 cm³/mol. The van der Waals surface area contributed by atoms with E-state index >= 15 is 0 Å². The molecule has 1 aliphatic heterocycles. The van der Waals surface area contributed by atoms with E-state index in [1.54, 1.807) is 30.7 Å². The summed E-state index contributed by atoms with van der Waals surface area (Å²) in [5.74, 6) is 2.55. The zero-order valence-corrected chi connectivity index (χ0v) is 21.6. The maximum absolute atomic E-state index is 12.9. The number of anilines is 1. The average molecular weight is 503 g/mol. The number of amides is 1. The molecule has 0 unspecified atom stereocenters. The lowest BCUT2D eigenvalue weighted by Crippen LogP contribution is -2.29. The summed E-state index contributed by atoms with van der Waals surface area (Å²) in [7, 11) is 4.83. The zero-order valence-electron chi connectivity index (χ0n) is 21.6. The summed E-state index contributed by atoms with van der Waals surface area (Å²) >= 11 is 0. The van der Waals surface area contributed by atoms with Crippen LogP contribution in [-0.2, 0) is 4.79 Å². The molecule has 5 rings (SSSR count). The predicted octanol–water partition coefficient (Wildman–Crippen LogP) is 4.55. The van der Waals surface area contributed by atoms with Gasteiger partial charge in [0.25, 0.3) is 0 Å². The van der Waals surface area contributed by atoms with Crippen LogP contribution in [0.25, 0.3) is 16.8 Å². The number of aromatic nitrogens is 3. The first-order valence-corrected chi connectivity index (χ1v) is 12.1. The summed E-state index contributed by atoms with van der Waals surface area (Å²) in [6.45, 7) is 4.48. The lowest BCUT2D eigenvalue weighted by atomic mass is 10.0. The minimum absolute atomic E-state index is 0.00482. The number of aryl methyl sites for hydroxylation is 1. The Morgan fingerprint density at radius 3 is 2.43 bits per heavy atom. The van der Waals surface area contributed by atoms with Crippen LogP contribution >= 0.6 is 0 Å². The van der Waals surface area contributed by atoms with Crippen molar-refractivity contribution >= 4 is 17.1 Å². The Hall–Kier alpha value is -4.27. The second-order valence-electron chi connectivity index (χ2n) is 9.11. The SMILES string of the molecule is COc1ccc(N2C[C@H]([C@@H](C)Oc3nc(-c4ccc(OC)c(OC)c4)cn4nc(C)cc34)CC2=O)cc1. The molecule has 2 aromatic heterocycles. The van der Waals surface area contributed by atoms with Crippen LogP contribution in [0.1, 0.15) is 19.0 Å². The Labute approximate surface area is 215 Å². The van der Waals surface area contributed by atoms with Gasteiger partial charge in [0.1, 0.15) is 17.4 Å². The van der Waals surface area contributed by atoms with Crippen molar-refractivity contribution in [2.75, 3.05) is 32.8 Å². The van der Waals surface area contributed by atoms with Crippen LogP contribution in [0.5, 0.6) is 23.1 Å². The average Bonchev–Trinajstić information content (AvgIpc) is 3.50. The molecule has 0 saturated carbocycles. The topological polar surface area (TPSA) is 87.4 Å². The number of ether oxygens (including phenoxy) is 4. The zero-order chi connectivity index (χ0) is 26.1. The number of hydrogen-bond acceptors (Lipinski definition) is 7. The van der Waals surface area contributed by atoms with Gasteiger partial charge < -0.3 is 23.8 Å². The van der Waals surface area contributed by atoms with Gasteiger partial charge in [0.2, 0.25) is 11.8 Å². The largest absolute Gasteiger partial charge is 0.497 e. The summed E-state index contributed by atoms with van der Waals surface area (Å²) < 4.78 is 24.3. The molecule has 0 spiro atoms. The van der Waals surface area contributed by atoms with Crippen molar-refractivity contribution in [3.8, 4) is 34.4 Å². The number of benzene rings is 2. The van der Waals surface area contributed by atoms with Gasteiger partial charge in [0, 0.05) is 30.1 Å². The van der Waals surface area contributed by atoms with Gasteiger partial charge in [-0.15, -0.1) is 0 Å². The molecule has 1 fully saturated rings. The van der Waals surface area contributed by atoms with Gasteiger partial charge in [-0.1, -0.05) is 0 Å². The lowest BCUT2D eigenvalue weighted by molar-refractivity contribution is -0.117.